The second-order valence-electron chi connectivity index (χ2n) is 4.31. The number of fused-ring (bicyclic) bond motifs is 1. The molecule has 2 rings (SSSR count). The molecule has 1 unspecified atom stereocenters. The van der Waals surface area contributed by atoms with Crippen molar-refractivity contribution in [2.24, 2.45) is 0 Å². The Morgan fingerprint density at radius 2 is 2.06 bits per heavy atom. The Bertz CT molecular complexity index is 404. The average molecular weight is 242 g/mol. The molecule has 1 N–H and O–H groups in total. The van der Waals surface area contributed by atoms with Gasteiger partial charge in [0.15, 0.2) is 0 Å². The third-order valence-corrected chi connectivity index (χ3v) is 3.13. The van der Waals surface area contributed by atoms with E-state index in [1.807, 2.05) is 18.2 Å². The molecule has 17 heavy (non-hydrogen) atoms. The second kappa shape index (κ2) is 6.55. The number of aryl methyl sites for hydroxylation is 2. The van der Waals surface area contributed by atoms with Crippen LogP contribution in [0.1, 0.15) is 42.1 Å². The zero-order valence-electron chi connectivity index (χ0n) is 10.1. The van der Waals surface area contributed by atoms with E-state index in [1.54, 1.807) is 0 Å². The summed E-state index contributed by atoms with van der Waals surface area (Å²) in [6.07, 6.45) is 2.79. The summed E-state index contributed by atoms with van der Waals surface area (Å²) in [5.74, 6) is -1.11. The molecule has 0 heterocycles. The van der Waals surface area contributed by atoms with Gasteiger partial charge in [0, 0.05) is 5.97 Å². The van der Waals surface area contributed by atoms with Crippen LogP contribution < -0.4 is 34.7 Å². The Morgan fingerprint density at radius 1 is 1.35 bits per heavy atom. The molecule has 4 heteroatoms. The van der Waals surface area contributed by atoms with E-state index in [0.29, 0.717) is 0 Å². The molecule has 86 valence electrons. The third-order valence-electron chi connectivity index (χ3n) is 3.13. The van der Waals surface area contributed by atoms with Crippen LogP contribution >= 0.6 is 0 Å². The maximum absolute atomic E-state index is 10.3. The number of benzene rings is 1. The van der Waals surface area contributed by atoms with Crippen LogP contribution in [-0.4, -0.2) is 11.1 Å². The summed E-state index contributed by atoms with van der Waals surface area (Å²) in [6.45, 7) is 0. The summed E-state index contributed by atoms with van der Waals surface area (Å²) >= 11 is 0. The summed E-state index contributed by atoms with van der Waals surface area (Å²) < 4.78 is 0. The van der Waals surface area contributed by atoms with Crippen LogP contribution in [0.5, 0.6) is 0 Å². The molecule has 1 aromatic rings. The van der Waals surface area contributed by atoms with Crippen molar-refractivity contribution in [3.63, 3.8) is 0 Å². The largest absolute Gasteiger partial charge is 1.00 e. The molecule has 0 aliphatic heterocycles. The van der Waals surface area contributed by atoms with E-state index in [0.717, 1.165) is 18.4 Å². The SMILES string of the molecule is O=C([O-])CCC(O)c1ccc2c(c1)CCC2.[Na+]. The fourth-order valence-electron chi connectivity index (χ4n) is 2.22. The van der Waals surface area contributed by atoms with Crippen molar-refractivity contribution < 1.29 is 44.6 Å². The van der Waals surface area contributed by atoms with Gasteiger partial charge in [-0.2, -0.15) is 0 Å². The molecule has 0 saturated heterocycles. The zero-order valence-corrected chi connectivity index (χ0v) is 12.1. The van der Waals surface area contributed by atoms with Gasteiger partial charge in [-0.05, 0) is 48.8 Å². The summed E-state index contributed by atoms with van der Waals surface area (Å²) in [5, 5.41) is 20.1. The smallest absolute Gasteiger partial charge is 0.550 e. The normalized spacial score (nSPS) is 14.9. The first-order valence-corrected chi connectivity index (χ1v) is 5.66. The summed E-state index contributed by atoms with van der Waals surface area (Å²) in [7, 11) is 0. The minimum absolute atomic E-state index is 0. The number of aliphatic hydroxyl groups is 1. The Balaban J connectivity index is 0.00000144. The molecule has 0 fully saturated rings. The van der Waals surface area contributed by atoms with E-state index in [-0.39, 0.29) is 42.4 Å². The fourth-order valence-corrected chi connectivity index (χ4v) is 2.22. The van der Waals surface area contributed by atoms with E-state index in [1.165, 1.54) is 17.5 Å². The number of hydrogen-bond acceptors (Lipinski definition) is 3. The van der Waals surface area contributed by atoms with E-state index < -0.39 is 12.1 Å². The molecule has 1 atom stereocenters. The molecule has 0 spiro atoms. The molecular weight excluding hydrogens is 227 g/mol. The predicted molar refractivity (Wildman–Crippen MR) is 57.7 cm³/mol. The molecule has 0 amide bonds. The van der Waals surface area contributed by atoms with Crippen LogP contribution in [0.4, 0.5) is 0 Å². The molecule has 3 nitrogen and oxygen atoms in total. The van der Waals surface area contributed by atoms with Crippen molar-refractivity contribution in [3.8, 4) is 0 Å². The first kappa shape index (κ1) is 14.7. The molecule has 1 aromatic carbocycles. The monoisotopic (exact) mass is 242 g/mol. The Kier molecular flexibility index (Phi) is 5.67. The maximum Gasteiger partial charge on any atom is 1.00 e. The van der Waals surface area contributed by atoms with Crippen molar-refractivity contribution in [2.45, 2.75) is 38.2 Å². The van der Waals surface area contributed by atoms with Crippen LogP contribution in [0.15, 0.2) is 18.2 Å². The van der Waals surface area contributed by atoms with Crippen molar-refractivity contribution in [2.75, 3.05) is 0 Å². The molecule has 0 aromatic heterocycles. The quantitative estimate of drug-likeness (QED) is 0.606. The average Bonchev–Trinajstić information content (AvgIpc) is 2.72. The van der Waals surface area contributed by atoms with Crippen molar-refractivity contribution in [1.82, 2.24) is 0 Å². The first-order chi connectivity index (χ1) is 7.66. The number of rotatable bonds is 4. The molecular formula is C13H15NaO3. The van der Waals surface area contributed by atoms with Crippen molar-refractivity contribution in [3.05, 3.63) is 34.9 Å². The van der Waals surface area contributed by atoms with Gasteiger partial charge in [-0.25, -0.2) is 0 Å². The number of carbonyl (C=O) groups is 1. The third kappa shape index (κ3) is 3.81. The number of aliphatic hydroxyl groups excluding tert-OH is 1. The van der Waals surface area contributed by atoms with Gasteiger partial charge in [-0.1, -0.05) is 18.2 Å². The second-order valence-corrected chi connectivity index (χ2v) is 4.31. The van der Waals surface area contributed by atoms with Crippen LogP contribution in [-0.2, 0) is 17.6 Å². The Morgan fingerprint density at radius 3 is 2.76 bits per heavy atom. The first-order valence-electron chi connectivity index (χ1n) is 5.66. The number of hydrogen-bond donors (Lipinski definition) is 1. The molecule has 1 aliphatic carbocycles. The van der Waals surface area contributed by atoms with Gasteiger partial charge in [0.1, 0.15) is 0 Å². The van der Waals surface area contributed by atoms with Gasteiger partial charge in [-0.15, -0.1) is 0 Å². The minimum Gasteiger partial charge on any atom is -0.550 e. The van der Waals surface area contributed by atoms with Gasteiger partial charge in [0.2, 0.25) is 0 Å². The van der Waals surface area contributed by atoms with E-state index in [2.05, 4.69) is 0 Å². The number of carboxylic acid groups (broad SMARTS) is 1. The molecule has 1 aliphatic rings. The van der Waals surface area contributed by atoms with Crippen LogP contribution in [0.2, 0.25) is 0 Å². The molecule has 0 saturated carbocycles. The minimum atomic E-state index is -1.11. The van der Waals surface area contributed by atoms with Gasteiger partial charge in [-0.3, -0.25) is 0 Å². The number of carboxylic acids is 1. The topological polar surface area (TPSA) is 60.4 Å². The molecule has 0 bridgehead atoms. The van der Waals surface area contributed by atoms with E-state index in [9.17, 15) is 15.0 Å². The van der Waals surface area contributed by atoms with Gasteiger partial charge in [0.05, 0.1) is 6.10 Å². The van der Waals surface area contributed by atoms with Gasteiger partial charge in [0.25, 0.3) is 0 Å². The predicted octanol–water partition coefficient (Wildman–Crippen LogP) is -2.26. The van der Waals surface area contributed by atoms with Gasteiger partial charge >= 0.3 is 29.6 Å². The zero-order chi connectivity index (χ0) is 11.5. The Hall–Kier alpha value is -0.350. The van der Waals surface area contributed by atoms with E-state index in [4.69, 9.17) is 0 Å². The number of carbonyl (C=O) groups excluding carboxylic acids is 1. The summed E-state index contributed by atoms with van der Waals surface area (Å²) in [6, 6.07) is 5.94. The number of aliphatic carboxylic acids is 1. The standard InChI is InChI=1S/C13H16O3.Na/c14-12(6-7-13(15)16)11-5-4-9-2-1-3-10(9)8-11;/h4-5,8,12,14H,1-3,6-7H2,(H,15,16);/q;+1/p-1. The maximum atomic E-state index is 10.3. The van der Waals surface area contributed by atoms with Crippen LogP contribution in [0.3, 0.4) is 0 Å². The van der Waals surface area contributed by atoms with Crippen molar-refractivity contribution in [1.29, 1.82) is 0 Å². The summed E-state index contributed by atoms with van der Waals surface area (Å²) in [5.41, 5.74) is 3.47. The van der Waals surface area contributed by atoms with Crippen molar-refractivity contribution >= 4 is 5.97 Å². The van der Waals surface area contributed by atoms with Crippen LogP contribution in [0.25, 0.3) is 0 Å². The summed E-state index contributed by atoms with van der Waals surface area (Å²) in [4.78, 5) is 10.3. The molecule has 0 radical (unpaired) electrons. The fraction of sp³-hybridized carbons (Fsp3) is 0.462. The van der Waals surface area contributed by atoms with Gasteiger partial charge < -0.3 is 15.0 Å². The van der Waals surface area contributed by atoms with E-state index >= 15 is 0 Å². The Labute approximate surface area is 123 Å². The van der Waals surface area contributed by atoms with Crippen LogP contribution in [0, 0.1) is 0 Å².